The Kier molecular flexibility index (Phi) is 7.97. The molecule has 0 N–H and O–H groups in total. The van der Waals surface area contributed by atoms with Crippen LogP contribution < -0.4 is 0 Å². The summed E-state index contributed by atoms with van der Waals surface area (Å²) in [7, 11) is 1.26. The lowest BCUT2D eigenvalue weighted by molar-refractivity contribution is -0.443. The van der Waals surface area contributed by atoms with Crippen molar-refractivity contribution in [2.45, 2.75) is 76.5 Å². The second-order valence-electron chi connectivity index (χ2n) is 8.07. The summed E-state index contributed by atoms with van der Waals surface area (Å²) in [4.78, 5) is 0. The number of ether oxygens (including phenoxy) is 4. The van der Waals surface area contributed by atoms with E-state index in [0.717, 1.165) is 3.39 Å². The summed E-state index contributed by atoms with van der Waals surface area (Å²) in [6, 6.07) is 0. The highest BCUT2D eigenvalue weighted by Crippen LogP contribution is 2.42. The molecule has 1 aliphatic heterocycles. The lowest BCUT2D eigenvalue weighted by Crippen LogP contribution is -2.66. The smallest absolute Gasteiger partial charge is 0.220 e. The highest BCUT2D eigenvalue weighted by Gasteiger charge is 2.56. The van der Waals surface area contributed by atoms with Crippen molar-refractivity contribution in [3.05, 3.63) is 9.47 Å². The molecule has 148 valence electrons. The second kappa shape index (κ2) is 8.39. The molecule has 0 amide bonds. The van der Waals surface area contributed by atoms with Crippen LogP contribution in [0.1, 0.15) is 34.6 Å². The van der Waals surface area contributed by atoms with Gasteiger partial charge in [-0.1, -0.05) is 20.8 Å². The highest BCUT2D eigenvalue weighted by molar-refractivity contribution is 9.28. The third-order valence-electron chi connectivity index (χ3n) is 5.41. The van der Waals surface area contributed by atoms with Gasteiger partial charge in [-0.2, -0.15) is 0 Å². The summed E-state index contributed by atoms with van der Waals surface area (Å²) in [6.45, 7) is 15.1. The van der Waals surface area contributed by atoms with Crippen LogP contribution in [0.25, 0.3) is 0 Å². The monoisotopic (exact) mass is 502 g/mol. The lowest BCUT2D eigenvalue weighted by atomic mass is 10.0. The first-order valence-corrected chi connectivity index (χ1v) is 12.8. The molecule has 8 heteroatoms. The van der Waals surface area contributed by atoms with Gasteiger partial charge in [0.25, 0.3) is 0 Å². The summed E-state index contributed by atoms with van der Waals surface area (Å²) in [5.41, 5.74) is 0. The van der Waals surface area contributed by atoms with Gasteiger partial charge in [-0.25, -0.2) is 0 Å². The normalized spacial score (nSPS) is 34.0. The zero-order chi connectivity index (χ0) is 19.7. The number of methoxy groups -OCH3 is 2. The minimum atomic E-state index is -1.91. The van der Waals surface area contributed by atoms with Gasteiger partial charge in [-0.05, 0) is 69.9 Å². The first-order valence-electron chi connectivity index (χ1n) is 8.34. The first kappa shape index (κ1) is 23.8. The van der Waals surface area contributed by atoms with Crippen molar-refractivity contribution in [1.82, 2.24) is 0 Å². The van der Waals surface area contributed by atoms with Gasteiger partial charge in [0.1, 0.15) is 12.2 Å². The number of rotatable bonds is 6. The van der Waals surface area contributed by atoms with E-state index >= 15 is 0 Å². The van der Waals surface area contributed by atoms with Crippen LogP contribution in [-0.2, 0) is 23.4 Å². The Hall–Kier alpha value is 0.717. The Morgan fingerprint density at radius 2 is 1.56 bits per heavy atom. The third kappa shape index (κ3) is 5.37. The molecule has 0 aromatic carbocycles. The van der Waals surface area contributed by atoms with Crippen LogP contribution in [0.15, 0.2) is 9.47 Å². The van der Waals surface area contributed by atoms with Crippen LogP contribution in [0.5, 0.6) is 0 Å². The van der Waals surface area contributed by atoms with Crippen LogP contribution in [0, 0.1) is 0 Å². The van der Waals surface area contributed by atoms with Gasteiger partial charge < -0.3 is 23.4 Å². The molecule has 5 nitrogen and oxygen atoms in total. The predicted molar refractivity (Wildman–Crippen MR) is 110 cm³/mol. The van der Waals surface area contributed by atoms with E-state index < -0.39 is 19.9 Å². The molecular weight excluding hydrogens is 472 g/mol. The molecule has 0 aromatic heterocycles. The number of hydrogen-bond donors (Lipinski definition) is 0. The maximum Gasteiger partial charge on any atom is 0.220 e. The van der Waals surface area contributed by atoms with E-state index in [-0.39, 0.29) is 17.2 Å². The fourth-order valence-corrected chi connectivity index (χ4v) is 3.81. The fourth-order valence-electron chi connectivity index (χ4n) is 2.27. The topological polar surface area (TPSA) is 46.2 Å². The Balaban J connectivity index is 3.07. The summed E-state index contributed by atoms with van der Waals surface area (Å²) in [5.74, 6) is -2.10. The molecule has 1 heterocycles. The average molecular weight is 504 g/mol. The molecule has 0 saturated carbocycles. The predicted octanol–water partition coefficient (Wildman–Crippen LogP) is 5.15. The Morgan fingerprint density at radius 1 is 1.08 bits per heavy atom. The van der Waals surface area contributed by atoms with Crippen LogP contribution in [0.4, 0.5) is 0 Å². The van der Waals surface area contributed by atoms with Gasteiger partial charge in [0.2, 0.25) is 11.6 Å². The molecule has 0 aliphatic carbocycles. The van der Waals surface area contributed by atoms with Gasteiger partial charge in [0.15, 0.2) is 8.32 Å². The summed E-state index contributed by atoms with van der Waals surface area (Å²) in [5, 5.41) is 0.121. The van der Waals surface area contributed by atoms with E-state index in [1.54, 1.807) is 14.2 Å². The third-order valence-corrected chi connectivity index (χ3v) is 10.4. The van der Waals surface area contributed by atoms with Crippen LogP contribution in [0.2, 0.25) is 18.1 Å². The van der Waals surface area contributed by atoms with Crippen molar-refractivity contribution < 1.29 is 23.4 Å². The fraction of sp³-hybridized carbons (Fsp3) is 0.882. The van der Waals surface area contributed by atoms with Crippen molar-refractivity contribution >= 4 is 40.2 Å². The van der Waals surface area contributed by atoms with Crippen LogP contribution >= 0.6 is 31.9 Å². The molecule has 0 aromatic rings. The molecule has 1 saturated heterocycles. The lowest BCUT2D eigenvalue weighted by Gasteiger charge is -2.52. The van der Waals surface area contributed by atoms with E-state index in [1.165, 1.54) is 0 Å². The van der Waals surface area contributed by atoms with Crippen molar-refractivity contribution in [2.24, 2.45) is 0 Å². The van der Waals surface area contributed by atoms with Crippen molar-refractivity contribution in [3.63, 3.8) is 0 Å². The van der Waals surface area contributed by atoms with E-state index in [4.69, 9.17) is 23.4 Å². The Morgan fingerprint density at radius 3 is 1.96 bits per heavy atom. The molecular formula is C17H32Br2O5Si. The molecule has 1 rings (SSSR count). The minimum absolute atomic E-state index is 0.121. The number of hydrogen-bond acceptors (Lipinski definition) is 5. The standard InChI is InChI=1S/C17H32Br2O5Si/c1-15(2,3)25(8,9)22-11-13-12(10-14(18)19)23-16(4,20-6)17(5,21-7)24-13/h10,12-13H,11H2,1-9H3/t12-,13-,16+,17+/m0/s1. The van der Waals surface area contributed by atoms with Crippen LogP contribution in [0.3, 0.4) is 0 Å². The Labute approximate surface area is 170 Å². The zero-order valence-corrected chi connectivity index (χ0v) is 20.9. The molecule has 4 atom stereocenters. The summed E-state index contributed by atoms with van der Waals surface area (Å²) >= 11 is 6.81. The largest absolute Gasteiger partial charge is 0.414 e. The quantitative estimate of drug-likeness (QED) is 0.469. The first-order chi connectivity index (χ1) is 11.2. The van der Waals surface area contributed by atoms with E-state index in [0.29, 0.717) is 6.61 Å². The van der Waals surface area contributed by atoms with E-state index in [9.17, 15) is 0 Å². The highest BCUT2D eigenvalue weighted by atomic mass is 79.9. The molecule has 0 spiro atoms. The van der Waals surface area contributed by atoms with Gasteiger partial charge >= 0.3 is 0 Å². The molecule has 1 aliphatic rings. The zero-order valence-electron chi connectivity index (χ0n) is 16.7. The van der Waals surface area contributed by atoms with Gasteiger partial charge in [-0.3, -0.25) is 0 Å². The Bertz CT molecular complexity index is 490. The average Bonchev–Trinajstić information content (AvgIpc) is 2.47. The minimum Gasteiger partial charge on any atom is -0.414 e. The maximum absolute atomic E-state index is 6.36. The van der Waals surface area contributed by atoms with Gasteiger partial charge in [-0.15, -0.1) is 0 Å². The molecule has 0 unspecified atom stereocenters. The van der Waals surface area contributed by atoms with Crippen molar-refractivity contribution in [1.29, 1.82) is 0 Å². The van der Waals surface area contributed by atoms with Gasteiger partial charge in [0.05, 0.1) is 10.00 Å². The van der Waals surface area contributed by atoms with Crippen LogP contribution in [-0.4, -0.2) is 52.9 Å². The molecule has 25 heavy (non-hydrogen) atoms. The van der Waals surface area contributed by atoms with E-state index in [2.05, 4.69) is 65.7 Å². The molecule has 0 radical (unpaired) electrons. The number of halogens is 2. The van der Waals surface area contributed by atoms with Crippen molar-refractivity contribution in [2.75, 3.05) is 20.8 Å². The maximum atomic E-state index is 6.36. The summed E-state index contributed by atoms with van der Waals surface area (Å²) < 4.78 is 30.9. The molecule has 0 bridgehead atoms. The van der Waals surface area contributed by atoms with Crippen molar-refractivity contribution in [3.8, 4) is 0 Å². The second-order valence-corrected chi connectivity index (χ2v) is 15.6. The molecule has 1 fully saturated rings. The van der Waals surface area contributed by atoms with E-state index in [1.807, 2.05) is 19.9 Å². The van der Waals surface area contributed by atoms with Gasteiger partial charge in [0, 0.05) is 14.2 Å². The SMILES string of the molecule is CO[C@]1(C)O[C@@H](C=C(Br)Br)[C@H](CO[Si](C)(C)C(C)(C)C)O[C@@]1(C)OC. The summed E-state index contributed by atoms with van der Waals surface area (Å²) in [6.07, 6.45) is 1.21.